The third-order valence-electron chi connectivity index (χ3n) is 2.28. The van der Waals surface area contributed by atoms with E-state index in [0.717, 1.165) is 4.47 Å². The number of nitrogens with one attached hydrogen (secondary N) is 1. The molecule has 0 bridgehead atoms. The molecule has 0 saturated carbocycles. The molecule has 0 aliphatic carbocycles. The van der Waals surface area contributed by atoms with Gasteiger partial charge < -0.3 is 10.1 Å². The standard InChI is InChI=1S/C12H9BrCl2N2O2S/c1-2-19-12(18)10-11(20-5-16-10)17-9-7(14)3-6(13)4-8(9)15/h3-5,17H,2H2,1H3. The Morgan fingerprint density at radius 1 is 1.45 bits per heavy atom. The summed E-state index contributed by atoms with van der Waals surface area (Å²) in [6.07, 6.45) is 0. The number of thiazole rings is 1. The van der Waals surface area contributed by atoms with Crippen LogP contribution in [0.15, 0.2) is 22.1 Å². The molecule has 1 heterocycles. The number of rotatable bonds is 4. The minimum absolute atomic E-state index is 0.215. The summed E-state index contributed by atoms with van der Waals surface area (Å²) in [5, 5.41) is 4.44. The highest BCUT2D eigenvalue weighted by Gasteiger charge is 2.18. The van der Waals surface area contributed by atoms with Crippen molar-refractivity contribution in [3.63, 3.8) is 0 Å². The Balaban J connectivity index is 2.32. The molecule has 0 aliphatic heterocycles. The largest absolute Gasteiger partial charge is 0.461 e. The van der Waals surface area contributed by atoms with E-state index in [0.29, 0.717) is 20.7 Å². The Morgan fingerprint density at radius 3 is 2.70 bits per heavy atom. The molecule has 0 radical (unpaired) electrons. The van der Waals surface area contributed by atoms with Crippen molar-refractivity contribution in [1.29, 1.82) is 0 Å². The predicted molar refractivity (Wildman–Crippen MR) is 85.5 cm³/mol. The second-order valence-electron chi connectivity index (χ2n) is 3.62. The highest BCUT2D eigenvalue weighted by Crippen LogP contribution is 2.37. The first-order valence-electron chi connectivity index (χ1n) is 5.55. The third kappa shape index (κ3) is 3.44. The summed E-state index contributed by atoms with van der Waals surface area (Å²) >= 11 is 16.8. The Bertz CT molecular complexity index is 625. The minimum Gasteiger partial charge on any atom is -0.461 e. The molecule has 1 aromatic carbocycles. The van der Waals surface area contributed by atoms with Crippen LogP contribution in [-0.2, 0) is 4.74 Å². The Hall–Kier alpha value is -0.820. The van der Waals surface area contributed by atoms with E-state index in [1.54, 1.807) is 24.6 Å². The topological polar surface area (TPSA) is 51.2 Å². The molecule has 0 saturated heterocycles. The predicted octanol–water partition coefficient (Wildman–Crippen LogP) is 5.13. The van der Waals surface area contributed by atoms with Crippen LogP contribution in [-0.4, -0.2) is 17.6 Å². The number of halogens is 3. The highest BCUT2D eigenvalue weighted by molar-refractivity contribution is 9.10. The molecule has 4 nitrogen and oxygen atoms in total. The van der Waals surface area contributed by atoms with Crippen molar-refractivity contribution in [3.05, 3.63) is 37.9 Å². The molecule has 8 heteroatoms. The number of hydrogen-bond acceptors (Lipinski definition) is 5. The second-order valence-corrected chi connectivity index (χ2v) is 6.20. The molecule has 2 aromatic rings. The van der Waals surface area contributed by atoms with Gasteiger partial charge in [-0.05, 0) is 19.1 Å². The molecule has 1 N–H and O–H groups in total. The van der Waals surface area contributed by atoms with E-state index in [1.165, 1.54) is 11.3 Å². The van der Waals surface area contributed by atoms with Crippen molar-refractivity contribution in [2.75, 3.05) is 11.9 Å². The van der Waals surface area contributed by atoms with E-state index in [9.17, 15) is 4.79 Å². The number of benzene rings is 1. The second kappa shape index (κ2) is 6.76. The molecule has 0 aliphatic rings. The number of hydrogen-bond donors (Lipinski definition) is 1. The maximum absolute atomic E-state index is 11.7. The normalized spacial score (nSPS) is 10.4. The molecule has 0 spiro atoms. The third-order valence-corrected chi connectivity index (χ3v) is 4.08. The smallest absolute Gasteiger partial charge is 0.360 e. The van der Waals surface area contributed by atoms with E-state index in [1.807, 2.05) is 0 Å². The van der Waals surface area contributed by atoms with Crippen molar-refractivity contribution in [3.8, 4) is 0 Å². The Kier molecular flexibility index (Phi) is 5.26. The van der Waals surface area contributed by atoms with Gasteiger partial charge in [-0.15, -0.1) is 11.3 Å². The zero-order valence-electron chi connectivity index (χ0n) is 10.2. The van der Waals surface area contributed by atoms with Crippen molar-refractivity contribution < 1.29 is 9.53 Å². The Labute approximate surface area is 138 Å². The molecule has 0 atom stereocenters. The molecule has 0 amide bonds. The monoisotopic (exact) mass is 394 g/mol. The lowest BCUT2D eigenvalue weighted by molar-refractivity contribution is 0.0521. The maximum atomic E-state index is 11.7. The van der Waals surface area contributed by atoms with E-state index in [2.05, 4.69) is 26.2 Å². The molecule has 2 rings (SSSR count). The van der Waals surface area contributed by atoms with Crippen LogP contribution in [0.25, 0.3) is 0 Å². The summed E-state index contributed by atoms with van der Waals surface area (Å²) in [7, 11) is 0. The van der Waals surface area contributed by atoms with Gasteiger partial charge in [0.05, 0.1) is 27.9 Å². The number of carbonyl (C=O) groups is 1. The first kappa shape index (κ1) is 15.6. The zero-order valence-corrected chi connectivity index (χ0v) is 14.2. The summed E-state index contributed by atoms with van der Waals surface area (Å²) < 4.78 is 5.71. The summed E-state index contributed by atoms with van der Waals surface area (Å²) in [6, 6.07) is 3.42. The first-order chi connectivity index (χ1) is 9.52. The van der Waals surface area contributed by atoms with Crippen LogP contribution in [0, 0.1) is 0 Å². The van der Waals surface area contributed by atoms with Crippen LogP contribution in [0.5, 0.6) is 0 Å². The Morgan fingerprint density at radius 2 is 2.10 bits per heavy atom. The number of esters is 1. The van der Waals surface area contributed by atoms with Crippen molar-refractivity contribution in [2.45, 2.75) is 6.92 Å². The van der Waals surface area contributed by atoms with Crippen LogP contribution in [0.1, 0.15) is 17.4 Å². The van der Waals surface area contributed by atoms with E-state index in [4.69, 9.17) is 27.9 Å². The van der Waals surface area contributed by atoms with Crippen molar-refractivity contribution in [2.24, 2.45) is 0 Å². The fourth-order valence-electron chi connectivity index (χ4n) is 1.45. The van der Waals surface area contributed by atoms with Gasteiger partial charge in [0, 0.05) is 4.47 Å². The average molecular weight is 396 g/mol. The van der Waals surface area contributed by atoms with Gasteiger partial charge in [-0.3, -0.25) is 0 Å². The molecule has 20 heavy (non-hydrogen) atoms. The summed E-state index contributed by atoms with van der Waals surface area (Å²) in [6.45, 7) is 2.02. The summed E-state index contributed by atoms with van der Waals surface area (Å²) in [5.41, 5.74) is 2.29. The van der Waals surface area contributed by atoms with Crippen LogP contribution < -0.4 is 5.32 Å². The quantitative estimate of drug-likeness (QED) is 0.728. The van der Waals surface area contributed by atoms with Gasteiger partial charge in [0.15, 0.2) is 5.69 Å². The molecule has 1 aromatic heterocycles. The van der Waals surface area contributed by atoms with E-state index >= 15 is 0 Å². The lowest BCUT2D eigenvalue weighted by atomic mass is 10.3. The van der Waals surface area contributed by atoms with Crippen LogP contribution in [0.2, 0.25) is 10.0 Å². The van der Waals surface area contributed by atoms with E-state index in [-0.39, 0.29) is 12.3 Å². The van der Waals surface area contributed by atoms with Gasteiger partial charge in [-0.25, -0.2) is 9.78 Å². The fraction of sp³-hybridized carbons (Fsp3) is 0.167. The van der Waals surface area contributed by atoms with Crippen LogP contribution >= 0.6 is 50.5 Å². The van der Waals surface area contributed by atoms with Gasteiger partial charge in [0.1, 0.15) is 5.00 Å². The zero-order chi connectivity index (χ0) is 14.7. The SMILES string of the molecule is CCOC(=O)c1ncsc1Nc1c(Cl)cc(Br)cc1Cl. The number of carbonyl (C=O) groups excluding carboxylic acids is 1. The highest BCUT2D eigenvalue weighted by atomic mass is 79.9. The lowest BCUT2D eigenvalue weighted by Gasteiger charge is -2.10. The van der Waals surface area contributed by atoms with Gasteiger partial charge in [-0.2, -0.15) is 0 Å². The summed E-state index contributed by atoms with van der Waals surface area (Å²) in [4.78, 5) is 15.7. The van der Waals surface area contributed by atoms with Crippen LogP contribution in [0.4, 0.5) is 10.7 Å². The number of aromatic nitrogens is 1. The van der Waals surface area contributed by atoms with Gasteiger partial charge >= 0.3 is 5.97 Å². The average Bonchev–Trinajstić information content (AvgIpc) is 2.82. The number of ether oxygens (including phenoxy) is 1. The van der Waals surface area contributed by atoms with Gasteiger partial charge in [0.25, 0.3) is 0 Å². The summed E-state index contributed by atoms with van der Waals surface area (Å²) in [5.74, 6) is -0.486. The number of nitrogens with zero attached hydrogens (tertiary/aromatic N) is 1. The maximum Gasteiger partial charge on any atom is 0.360 e. The van der Waals surface area contributed by atoms with E-state index < -0.39 is 5.97 Å². The molecule has 106 valence electrons. The van der Waals surface area contributed by atoms with Crippen LogP contribution in [0.3, 0.4) is 0 Å². The lowest BCUT2D eigenvalue weighted by Crippen LogP contribution is -2.07. The molecular weight excluding hydrogens is 387 g/mol. The van der Waals surface area contributed by atoms with Crippen molar-refractivity contribution in [1.82, 2.24) is 4.98 Å². The molecular formula is C12H9BrCl2N2O2S. The minimum atomic E-state index is -0.486. The van der Waals surface area contributed by atoms with Crippen molar-refractivity contribution >= 4 is 67.1 Å². The van der Waals surface area contributed by atoms with Gasteiger partial charge in [0.2, 0.25) is 0 Å². The fourth-order valence-corrected chi connectivity index (χ4v) is 3.43. The number of anilines is 2. The molecule has 0 fully saturated rings. The van der Waals surface area contributed by atoms with Gasteiger partial charge in [-0.1, -0.05) is 39.1 Å². The first-order valence-corrected chi connectivity index (χ1v) is 7.98. The molecule has 0 unspecified atom stereocenters.